The Kier molecular flexibility index (Phi) is 2.80. The molecule has 0 saturated heterocycles. The fourth-order valence-corrected chi connectivity index (χ4v) is 0.760. The fourth-order valence-electron chi connectivity index (χ4n) is 0.760. The maximum absolute atomic E-state index is 11.0. The van der Waals surface area contributed by atoms with E-state index in [0.717, 1.165) is 6.54 Å². The fraction of sp³-hybridized carbons (Fsp3) is 0.429. The molecule has 11 heavy (non-hydrogen) atoms. The summed E-state index contributed by atoms with van der Waals surface area (Å²) in [5.41, 5.74) is 0.607. The van der Waals surface area contributed by atoms with Crippen LogP contribution in [-0.2, 0) is 6.54 Å². The van der Waals surface area contributed by atoms with E-state index in [4.69, 9.17) is 0 Å². The minimum atomic E-state index is -0.0686. The molecule has 0 unspecified atom stereocenters. The van der Waals surface area contributed by atoms with Gasteiger partial charge in [0.05, 0.1) is 6.33 Å². The van der Waals surface area contributed by atoms with Crippen LogP contribution >= 0.6 is 0 Å². The summed E-state index contributed by atoms with van der Waals surface area (Å²) in [5.74, 6) is 0. The van der Waals surface area contributed by atoms with Crippen LogP contribution in [0.5, 0.6) is 0 Å². The van der Waals surface area contributed by atoms with Gasteiger partial charge in [0.1, 0.15) is 0 Å². The number of H-pyrrole nitrogens is 1. The molecule has 60 valence electrons. The highest BCUT2D eigenvalue weighted by Gasteiger charge is 1.95. The van der Waals surface area contributed by atoms with Crippen molar-refractivity contribution in [3.63, 3.8) is 0 Å². The molecule has 0 radical (unpaired) electrons. The van der Waals surface area contributed by atoms with Crippen LogP contribution < -0.4 is 10.9 Å². The molecule has 0 spiro atoms. The molecule has 4 heteroatoms. The lowest BCUT2D eigenvalue weighted by Crippen LogP contribution is -2.20. The summed E-state index contributed by atoms with van der Waals surface area (Å²) in [7, 11) is 0. The van der Waals surface area contributed by atoms with Crippen LogP contribution in [0.3, 0.4) is 0 Å². The lowest BCUT2D eigenvalue weighted by molar-refractivity contribution is 0.716. The molecule has 0 bridgehead atoms. The van der Waals surface area contributed by atoms with Crippen LogP contribution in [0.15, 0.2) is 17.3 Å². The van der Waals surface area contributed by atoms with Gasteiger partial charge in [0.15, 0.2) is 0 Å². The van der Waals surface area contributed by atoms with Crippen molar-refractivity contribution in [2.45, 2.75) is 13.5 Å². The number of aromatic amines is 1. The van der Waals surface area contributed by atoms with Gasteiger partial charge in [-0.1, -0.05) is 6.92 Å². The molecule has 1 heterocycles. The van der Waals surface area contributed by atoms with Gasteiger partial charge in [0.2, 0.25) is 0 Å². The third kappa shape index (κ3) is 2.16. The van der Waals surface area contributed by atoms with Crippen LogP contribution in [0.4, 0.5) is 0 Å². The quantitative estimate of drug-likeness (QED) is 0.636. The lowest BCUT2D eigenvalue weighted by Gasteiger charge is -1.97. The van der Waals surface area contributed by atoms with Gasteiger partial charge >= 0.3 is 0 Å². The topological polar surface area (TPSA) is 57.8 Å². The Morgan fingerprint density at radius 1 is 1.73 bits per heavy atom. The molecule has 1 aromatic rings. The van der Waals surface area contributed by atoms with E-state index in [2.05, 4.69) is 15.3 Å². The molecule has 0 saturated carbocycles. The summed E-state index contributed by atoms with van der Waals surface area (Å²) in [6, 6.07) is 0. The number of rotatable bonds is 3. The van der Waals surface area contributed by atoms with Gasteiger partial charge < -0.3 is 10.3 Å². The van der Waals surface area contributed by atoms with Gasteiger partial charge in [0, 0.05) is 18.3 Å². The highest BCUT2D eigenvalue weighted by Crippen LogP contribution is 1.83. The Hall–Kier alpha value is -1.16. The van der Waals surface area contributed by atoms with Crippen molar-refractivity contribution in [2.24, 2.45) is 0 Å². The SMILES string of the molecule is CCNCc1cnc[nH]c1=O. The molecular formula is C7H11N3O. The molecule has 0 aliphatic carbocycles. The second kappa shape index (κ2) is 3.88. The monoisotopic (exact) mass is 153 g/mol. The van der Waals surface area contributed by atoms with Crippen molar-refractivity contribution < 1.29 is 0 Å². The van der Waals surface area contributed by atoms with Crippen molar-refractivity contribution in [1.29, 1.82) is 0 Å². The first-order chi connectivity index (χ1) is 5.34. The van der Waals surface area contributed by atoms with E-state index in [1.165, 1.54) is 6.33 Å². The normalized spacial score (nSPS) is 9.91. The Bertz CT molecular complexity index is 268. The van der Waals surface area contributed by atoms with Gasteiger partial charge in [-0.25, -0.2) is 4.98 Å². The lowest BCUT2D eigenvalue weighted by atomic mass is 10.3. The highest BCUT2D eigenvalue weighted by atomic mass is 16.1. The molecule has 1 rings (SSSR count). The zero-order valence-electron chi connectivity index (χ0n) is 6.42. The number of nitrogens with zero attached hydrogens (tertiary/aromatic N) is 1. The first-order valence-electron chi connectivity index (χ1n) is 3.57. The minimum absolute atomic E-state index is 0.0686. The van der Waals surface area contributed by atoms with E-state index in [0.29, 0.717) is 12.1 Å². The summed E-state index contributed by atoms with van der Waals surface area (Å²) in [6.45, 7) is 3.43. The molecule has 0 atom stereocenters. The average Bonchev–Trinajstić information content (AvgIpc) is 2.03. The second-order valence-corrected chi connectivity index (χ2v) is 2.19. The Morgan fingerprint density at radius 3 is 3.18 bits per heavy atom. The third-order valence-electron chi connectivity index (χ3n) is 1.36. The summed E-state index contributed by atoms with van der Waals surface area (Å²) >= 11 is 0. The van der Waals surface area contributed by atoms with Crippen LogP contribution in [0.25, 0.3) is 0 Å². The van der Waals surface area contributed by atoms with E-state index in [1.54, 1.807) is 6.20 Å². The third-order valence-corrected chi connectivity index (χ3v) is 1.36. The predicted molar refractivity (Wildman–Crippen MR) is 42.2 cm³/mol. The molecule has 0 aliphatic heterocycles. The largest absolute Gasteiger partial charge is 0.313 e. The van der Waals surface area contributed by atoms with E-state index in [-0.39, 0.29) is 5.56 Å². The van der Waals surface area contributed by atoms with Crippen molar-refractivity contribution >= 4 is 0 Å². The van der Waals surface area contributed by atoms with Crippen LogP contribution in [0, 0.1) is 0 Å². The average molecular weight is 153 g/mol. The Morgan fingerprint density at radius 2 is 2.55 bits per heavy atom. The van der Waals surface area contributed by atoms with Crippen molar-refractivity contribution in [3.05, 3.63) is 28.4 Å². The highest BCUT2D eigenvalue weighted by molar-refractivity contribution is 5.02. The van der Waals surface area contributed by atoms with Crippen LogP contribution in [-0.4, -0.2) is 16.5 Å². The summed E-state index contributed by atoms with van der Waals surface area (Å²) in [4.78, 5) is 17.3. The van der Waals surface area contributed by atoms with Crippen molar-refractivity contribution in [3.8, 4) is 0 Å². The van der Waals surface area contributed by atoms with Gasteiger partial charge in [-0.05, 0) is 6.54 Å². The second-order valence-electron chi connectivity index (χ2n) is 2.19. The molecule has 0 amide bonds. The number of aromatic nitrogens is 2. The molecular weight excluding hydrogens is 142 g/mol. The van der Waals surface area contributed by atoms with Gasteiger partial charge in [0.25, 0.3) is 5.56 Å². The van der Waals surface area contributed by atoms with Gasteiger partial charge in [-0.2, -0.15) is 0 Å². The number of nitrogens with one attached hydrogen (secondary N) is 2. The minimum Gasteiger partial charge on any atom is -0.313 e. The summed E-state index contributed by atoms with van der Waals surface area (Å²) < 4.78 is 0. The van der Waals surface area contributed by atoms with Crippen molar-refractivity contribution in [1.82, 2.24) is 15.3 Å². The van der Waals surface area contributed by atoms with E-state index >= 15 is 0 Å². The number of hydrogen-bond acceptors (Lipinski definition) is 3. The first-order valence-corrected chi connectivity index (χ1v) is 3.57. The molecule has 2 N–H and O–H groups in total. The van der Waals surface area contributed by atoms with E-state index in [9.17, 15) is 4.79 Å². The molecule has 1 aromatic heterocycles. The standard InChI is InChI=1S/C7H11N3O/c1-2-8-3-6-4-9-5-10-7(6)11/h4-5,8H,2-3H2,1H3,(H,9,10,11). The number of hydrogen-bond donors (Lipinski definition) is 2. The summed E-state index contributed by atoms with van der Waals surface area (Å²) in [6.07, 6.45) is 2.96. The van der Waals surface area contributed by atoms with Crippen LogP contribution in [0.1, 0.15) is 12.5 Å². The molecule has 0 aromatic carbocycles. The Balaban J connectivity index is 2.70. The van der Waals surface area contributed by atoms with E-state index < -0.39 is 0 Å². The molecule has 4 nitrogen and oxygen atoms in total. The summed E-state index contributed by atoms with van der Waals surface area (Å²) in [5, 5.41) is 3.05. The maximum Gasteiger partial charge on any atom is 0.255 e. The van der Waals surface area contributed by atoms with Gasteiger partial charge in [-0.3, -0.25) is 4.79 Å². The zero-order chi connectivity index (χ0) is 8.10. The predicted octanol–water partition coefficient (Wildman–Crippen LogP) is -0.121. The smallest absolute Gasteiger partial charge is 0.255 e. The van der Waals surface area contributed by atoms with Crippen LogP contribution in [0.2, 0.25) is 0 Å². The maximum atomic E-state index is 11.0. The van der Waals surface area contributed by atoms with E-state index in [1.807, 2.05) is 6.92 Å². The molecule has 0 aliphatic rings. The van der Waals surface area contributed by atoms with Crippen molar-refractivity contribution in [2.75, 3.05) is 6.54 Å². The Labute approximate surface area is 64.7 Å². The van der Waals surface area contributed by atoms with Gasteiger partial charge in [-0.15, -0.1) is 0 Å². The zero-order valence-corrected chi connectivity index (χ0v) is 6.42. The molecule has 0 fully saturated rings. The first kappa shape index (κ1) is 7.94.